The number of imide groups is 1. The summed E-state index contributed by atoms with van der Waals surface area (Å²) < 4.78 is 6.49. The van der Waals surface area contributed by atoms with Crippen LogP contribution in [-0.2, 0) is 14.0 Å². The average molecular weight is 412 g/mol. The van der Waals surface area contributed by atoms with Crippen LogP contribution < -0.4 is 0 Å². The Morgan fingerprint density at radius 3 is 2.48 bits per heavy atom. The third kappa shape index (κ3) is 3.41. The minimum Gasteiger partial charge on any atom is -0.413 e. The number of likely N-dealkylation sites (tertiary alicyclic amines) is 1. The normalized spacial score (nSPS) is 21.0. The van der Waals surface area contributed by atoms with Gasteiger partial charge < -0.3 is 9.41 Å². The lowest BCUT2D eigenvalue weighted by molar-refractivity contribution is -0.171. The summed E-state index contributed by atoms with van der Waals surface area (Å²) in [4.78, 5) is 29.7. The molecule has 3 atom stereocenters. The molecule has 3 rings (SSSR count). The minimum atomic E-state index is -2.11. The van der Waals surface area contributed by atoms with Crippen LogP contribution in [-0.4, -0.2) is 36.1 Å². The molecule has 1 N–H and O–H groups in total. The zero-order valence-electron chi connectivity index (χ0n) is 18.2. The van der Waals surface area contributed by atoms with E-state index in [1.54, 1.807) is 0 Å². The van der Waals surface area contributed by atoms with Crippen molar-refractivity contribution in [2.24, 2.45) is 5.92 Å². The van der Waals surface area contributed by atoms with Crippen molar-refractivity contribution < 1.29 is 14.0 Å². The number of hydrogen-bond donors (Lipinski definition) is 1. The zero-order valence-corrected chi connectivity index (χ0v) is 19.2. The Kier molecular flexibility index (Phi) is 5.22. The second kappa shape index (κ2) is 7.12. The van der Waals surface area contributed by atoms with E-state index in [-0.39, 0.29) is 23.0 Å². The molecule has 1 saturated heterocycles. The molecule has 0 spiro atoms. The number of nitrogens with zero attached hydrogens (tertiary/aromatic N) is 2. The number of H-pyrrole nitrogens is 1. The van der Waals surface area contributed by atoms with Gasteiger partial charge in [-0.15, -0.1) is 0 Å². The van der Waals surface area contributed by atoms with Crippen LogP contribution in [0.25, 0.3) is 10.9 Å². The fourth-order valence-electron chi connectivity index (χ4n) is 3.85. The second-order valence-electron chi connectivity index (χ2n) is 9.35. The Hall–Kier alpha value is -2.43. The SMILES string of the molecule is CC(=O)N1C(=O)[C@H]([C@@H](C)O[Si](C)(C)C(C)(C)C)[C@H]1c1[nH]c2ccccc2c1C#N. The van der Waals surface area contributed by atoms with E-state index in [0.717, 1.165) is 10.9 Å². The molecule has 0 saturated carbocycles. The summed E-state index contributed by atoms with van der Waals surface area (Å²) in [6, 6.07) is 9.26. The van der Waals surface area contributed by atoms with Crippen LogP contribution in [0.1, 0.15) is 51.9 Å². The van der Waals surface area contributed by atoms with Crippen molar-refractivity contribution in [2.75, 3.05) is 0 Å². The maximum atomic E-state index is 12.9. The molecule has 1 aromatic carbocycles. The molecule has 1 aliphatic rings. The van der Waals surface area contributed by atoms with Crippen molar-refractivity contribution in [3.8, 4) is 6.07 Å². The first-order valence-corrected chi connectivity index (χ1v) is 12.8. The van der Waals surface area contributed by atoms with E-state index in [1.165, 1.54) is 11.8 Å². The minimum absolute atomic E-state index is 0.00272. The molecule has 2 heterocycles. The van der Waals surface area contributed by atoms with Crippen LogP contribution in [0.3, 0.4) is 0 Å². The van der Waals surface area contributed by atoms with Gasteiger partial charge in [0.2, 0.25) is 11.8 Å². The van der Waals surface area contributed by atoms with Gasteiger partial charge in [-0.2, -0.15) is 5.26 Å². The van der Waals surface area contributed by atoms with Crippen molar-refractivity contribution in [3.63, 3.8) is 0 Å². The van der Waals surface area contributed by atoms with E-state index in [9.17, 15) is 14.9 Å². The lowest BCUT2D eigenvalue weighted by Crippen LogP contribution is -2.62. The van der Waals surface area contributed by atoms with E-state index >= 15 is 0 Å². The van der Waals surface area contributed by atoms with E-state index in [2.05, 4.69) is 44.9 Å². The van der Waals surface area contributed by atoms with Crippen LogP contribution in [0.5, 0.6) is 0 Å². The third-order valence-electron chi connectivity index (χ3n) is 6.42. The number of hydrogen-bond acceptors (Lipinski definition) is 4. The topological polar surface area (TPSA) is 86.2 Å². The first-order valence-electron chi connectivity index (χ1n) is 9.93. The standard InChI is InChI=1S/C22H29N3O3Si/c1-13(28-29(6,7)22(3,4)5)18-20(25(14(2)26)21(18)27)19-16(12-23)15-10-8-9-11-17(15)24-19/h8-11,13,18,20,24H,1-7H3/t13-,18-,20+/m1/s1. The van der Waals surface area contributed by atoms with Crippen LogP contribution in [0.4, 0.5) is 0 Å². The number of amides is 2. The number of β-lactam (4-membered cyclic amide) rings is 1. The van der Waals surface area contributed by atoms with Gasteiger partial charge in [0.25, 0.3) is 0 Å². The van der Waals surface area contributed by atoms with Gasteiger partial charge in [0.1, 0.15) is 6.07 Å². The lowest BCUT2D eigenvalue weighted by Gasteiger charge is -2.49. The maximum absolute atomic E-state index is 12.9. The summed E-state index contributed by atoms with van der Waals surface area (Å²) in [6.45, 7) is 14.0. The fourth-order valence-corrected chi connectivity index (χ4v) is 5.28. The smallest absolute Gasteiger partial charge is 0.238 e. The second-order valence-corrected chi connectivity index (χ2v) is 14.1. The number of rotatable bonds is 4. The highest BCUT2D eigenvalue weighted by Crippen LogP contribution is 2.47. The van der Waals surface area contributed by atoms with E-state index in [0.29, 0.717) is 11.3 Å². The monoisotopic (exact) mass is 411 g/mol. The van der Waals surface area contributed by atoms with Crippen molar-refractivity contribution in [2.45, 2.75) is 64.9 Å². The Morgan fingerprint density at radius 2 is 1.93 bits per heavy atom. The molecule has 6 nitrogen and oxygen atoms in total. The summed E-state index contributed by atoms with van der Waals surface area (Å²) >= 11 is 0. The quantitative estimate of drug-likeness (QED) is 0.593. The van der Waals surface area contributed by atoms with E-state index in [1.807, 2.05) is 31.2 Å². The largest absolute Gasteiger partial charge is 0.413 e. The molecular weight excluding hydrogens is 382 g/mol. The summed E-state index contributed by atoms with van der Waals surface area (Å²) in [5.41, 5.74) is 1.91. The predicted octanol–water partition coefficient (Wildman–Crippen LogP) is 4.50. The Labute approximate surface area is 173 Å². The van der Waals surface area contributed by atoms with Gasteiger partial charge in [-0.1, -0.05) is 39.0 Å². The molecule has 2 amide bonds. The van der Waals surface area contributed by atoms with Crippen LogP contribution in [0.2, 0.25) is 18.1 Å². The van der Waals surface area contributed by atoms with Crippen molar-refractivity contribution in [1.82, 2.24) is 9.88 Å². The van der Waals surface area contributed by atoms with Gasteiger partial charge in [0, 0.05) is 17.8 Å². The number of nitriles is 1. The number of carbonyl (C=O) groups excluding carboxylic acids is 2. The Balaban J connectivity index is 2.04. The highest BCUT2D eigenvalue weighted by Gasteiger charge is 2.55. The predicted molar refractivity (Wildman–Crippen MR) is 115 cm³/mol. The molecule has 2 aromatic rings. The van der Waals surface area contributed by atoms with Gasteiger partial charge in [-0.05, 0) is 31.1 Å². The van der Waals surface area contributed by atoms with Gasteiger partial charge in [0.05, 0.1) is 29.3 Å². The first-order chi connectivity index (χ1) is 13.4. The molecule has 1 aromatic heterocycles. The van der Waals surface area contributed by atoms with Gasteiger partial charge in [0.15, 0.2) is 8.32 Å². The number of carbonyl (C=O) groups is 2. The van der Waals surface area contributed by atoms with Crippen LogP contribution >= 0.6 is 0 Å². The third-order valence-corrected chi connectivity index (χ3v) is 11.0. The summed E-state index contributed by atoms with van der Waals surface area (Å²) in [7, 11) is -2.11. The molecule has 1 aliphatic heterocycles. The van der Waals surface area contributed by atoms with Crippen molar-refractivity contribution >= 4 is 31.0 Å². The number of aromatic nitrogens is 1. The van der Waals surface area contributed by atoms with E-state index < -0.39 is 20.3 Å². The fraction of sp³-hybridized carbons (Fsp3) is 0.500. The average Bonchev–Trinajstić information content (AvgIpc) is 2.95. The Bertz CT molecular complexity index is 1010. The number of fused-ring (bicyclic) bond motifs is 1. The number of aromatic amines is 1. The molecule has 29 heavy (non-hydrogen) atoms. The molecular formula is C22H29N3O3Si. The number of nitrogens with one attached hydrogen (secondary N) is 1. The van der Waals surface area contributed by atoms with Crippen LogP contribution in [0.15, 0.2) is 24.3 Å². The molecule has 154 valence electrons. The van der Waals surface area contributed by atoms with Crippen molar-refractivity contribution in [1.29, 1.82) is 5.26 Å². The molecule has 0 aliphatic carbocycles. The molecule has 0 radical (unpaired) electrons. The first kappa shape index (κ1) is 21.3. The summed E-state index contributed by atoms with van der Waals surface area (Å²) in [5, 5.41) is 10.6. The zero-order chi connectivity index (χ0) is 21.7. The molecule has 1 fully saturated rings. The number of para-hydroxylation sites is 1. The van der Waals surface area contributed by atoms with Crippen LogP contribution in [0, 0.1) is 17.2 Å². The maximum Gasteiger partial charge on any atom is 0.238 e. The van der Waals surface area contributed by atoms with Gasteiger partial charge >= 0.3 is 0 Å². The highest BCUT2D eigenvalue weighted by atomic mass is 28.4. The number of benzene rings is 1. The molecule has 0 unspecified atom stereocenters. The lowest BCUT2D eigenvalue weighted by atomic mass is 9.80. The molecule has 7 heteroatoms. The van der Waals surface area contributed by atoms with Crippen molar-refractivity contribution in [3.05, 3.63) is 35.5 Å². The molecule has 0 bridgehead atoms. The van der Waals surface area contributed by atoms with Gasteiger partial charge in [-0.25, -0.2) is 0 Å². The summed E-state index contributed by atoms with van der Waals surface area (Å²) in [6.07, 6.45) is -0.359. The van der Waals surface area contributed by atoms with Gasteiger partial charge in [-0.3, -0.25) is 14.5 Å². The van der Waals surface area contributed by atoms with E-state index in [4.69, 9.17) is 4.43 Å². The summed E-state index contributed by atoms with van der Waals surface area (Å²) in [5.74, 6) is -1.07. The highest BCUT2D eigenvalue weighted by molar-refractivity contribution is 6.74. The Morgan fingerprint density at radius 1 is 1.31 bits per heavy atom.